The number of ether oxygens (including phenoxy) is 2. The summed E-state index contributed by atoms with van der Waals surface area (Å²) in [6.45, 7) is 1.33. The number of carbonyl (C=O) groups excluding carboxylic acids is 1. The summed E-state index contributed by atoms with van der Waals surface area (Å²) in [7, 11) is 1.39. The van der Waals surface area contributed by atoms with E-state index in [4.69, 9.17) is 4.74 Å². The summed E-state index contributed by atoms with van der Waals surface area (Å²) in [6.07, 6.45) is 0.486. The molecule has 0 saturated carbocycles. The molecule has 6 heteroatoms. The second kappa shape index (κ2) is 8.46. The summed E-state index contributed by atoms with van der Waals surface area (Å²) in [6, 6.07) is 10.5. The Morgan fingerprint density at radius 1 is 1.08 bits per heavy atom. The number of benzene rings is 2. The minimum Gasteiger partial charge on any atom is -0.493 e. The van der Waals surface area contributed by atoms with Gasteiger partial charge in [-0.1, -0.05) is 23.3 Å². The van der Waals surface area contributed by atoms with Gasteiger partial charge >= 0.3 is 6.61 Å². The third kappa shape index (κ3) is 5.45. The monoisotopic (exact) mass is 349 g/mol. The average molecular weight is 349 g/mol. The maximum atomic E-state index is 12.4. The van der Waals surface area contributed by atoms with Crippen molar-refractivity contribution in [2.24, 2.45) is 0 Å². The van der Waals surface area contributed by atoms with Gasteiger partial charge in [0.15, 0.2) is 11.5 Å². The van der Waals surface area contributed by atoms with Gasteiger partial charge in [0.25, 0.3) is 5.91 Å². The number of amides is 1. The highest BCUT2D eigenvalue weighted by atomic mass is 19.3. The van der Waals surface area contributed by atoms with Crippen LogP contribution >= 0.6 is 0 Å². The van der Waals surface area contributed by atoms with Gasteiger partial charge in [-0.15, -0.1) is 0 Å². The van der Waals surface area contributed by atoms with Crippen LogP contribution < -0.4 is 14.8 Å². The molecule has 1 amide bonds. The number of methoxy groups -OCH3 is 1. The Morgan fingerprint density at radius 2 is 1.76 bits per heavy atom. The Balaban J connectivity index is 1.98. The van der Waals surface area contributed by atoms with E-state index in [1.54, 1.807) is 12.1 Å². The maximum Gasteiger partial charge on any atom is 0.387 e. The lowest BCUT2D eigenvalue weighted by molar-refractivity contribution is -0.0512. The van der Waals surface area contributed by atoms with Crippen molar-refractivity contribution < 1.29 is 23.0 Å². The van der Waals surface area contributed by atoms with Crippen molar-refractivity contribution in [3.05, 3.63) is 58.7 Å². The van der Waals surface area contributed by atoms with Crippen LogP contribution in [0.5, 0.6) is 11.5 Å². The summed E-state index contributed by atoms with van der Waals surface area (Å²) in [5.74, 6) is 0.0586. The fourth-order valence-corrected chi connectivity index (χ4v) is 2.59. The molecule has 0 unspecified atom stereocenters. The average Bonchev–Trinajstić information content (AvgIpc) is 2.53. The summed E-state index contributed by atoms with van der Waals surface area (Å²) >= 11 is 0. The second-order valence-corrected chi connectivity index (χ2v) is 5.75. The predicted octanol–water partition coefficient (Wildman–Crippen LogP) is 3.89. The number of nitrogens with one attached hydrogen (secondary N) is 1. The molecule has 0 radical (unpaired) electrons. The summed E-state index contributed by atoms with van der Waals surface area (Å²) in [4.78, 5) is 12.2. The highest BCUT2D eigenvalue weighted by Crippen LogP contribution is 2.29. The molecule has 0 heterocycles. The standard InChI is InChI=1S/C19H21F2NO3/c1-12-8-13(2)10-15(9-12)18(23)22-7-6-14-4-5-16(24-3)17(11-14)25-19(20)21/h4-5,8-11,19H,6-7H2,1-3H3,(H,22,23). The van der Waals surface area contributed by atoms with Crippen LogP contribution in [0.15, 0.2) is 36.4 Å². The normalized spacial score (nSPS) is 10.6. The van der Waals surface area contributed by atoms with Crippen molar-refractivity contribution in [3.8, 4) is 11.5 Å². The fraction of sp³-hybridized carbons (Fsp3) is 0.316. The van der Waals surface area contributed by atoms with Gasteiger partial charge in [-0.3, -0.25) is 4.79 Å². The Labute approximate surface area is 145 Å². The van der Waals surface area contributed by atoms with Gasteiger partial charge in [0, 0.05) is 12.1 Å². The Bertz CT molecular complexity index is 727. The molecule has 0 spiro atoms. The summed E-state index contributed by atoms with van der Waals surface area (Å²) < 4.78 is 34.3. The van der Waals surface area contributed by atoms with Crippen molar-refractivity contribution in [1.82, 2.24) is 5.32 Å². The molecule has 0 fully saturated rings. The zero-order valence-corrected chi connectivity index (χ0v) is 14.4. The van der Waals surface area contributed by atoms with Crippen molar-refractivity contribution >= 4 is 5.91 Å². The third-order valence-corrected chi connectivity index (χ3v) is 3.63. The molecule has 0 bridgehead atoms. The molecule has 0 saturated heterocycles. The molecule has 0 atom stereocenters. The highest BCUT2D eigenvalue weighted by Gasteiger charge is 2.12. The van der Waals surface area contributed by atoms with Crippen molar-refractivity contribution in [1.29, 1.82) is 0 Å². The topological polar surface area (TPSA) is 47.6 Å². The van der Waals surface area contributed by atoms with E-state index in [2.05, 4.69) is 10.1 Å². The van der Waals surface area contributed by atoms with Crippen LogP contribution in [0.1, 0.15) is 27.0 Å². The molecule has 1 N–H and O–H groups in total. The number of hydrogen-bond acceptors (Lipinski definition) is 3. The molecule has 0 aromatic heterocycles. The molecule has 2 rings (SSSR count). The van der Waals surface area contributed by atoms with Crippen molar-refractivity contribution in [2.75, 3.05) is 13.7 Å². The number of carbonyl (C=O) groups is 1. The number of halogens is 2. The van der Waals surface area contributed by atoms with Gasteiger partial charge in [0.2, 0.25) is 0 Å². The number of hydrogen-bond donors (Lipinski definition) is 1. The zero-order valence-electron chi connectivity index (χ0n) is 14.4. The molecule has 4 nitrogen and oxygen atoms in total. The molecule has 0 aliphatic heterocycles. The maximum absolute atomic E-state index is 12.4. The lowest BCUT2D eigenvalue weighted by Crippen LogP contribution is -2.25. The molecular weight excluding hydrogens is 328 g/mol. The van der Waals surface area contributed by atoms with Gasteiger partial charge in [-0.2, -0.15) is 8.78 Å². The third-order valence-electron chi connectivity index (χ3n) is 3.63. The molecule has 0 aliphatic carbocycles. The first-order valence-corrected chi connectivity index (χ1v) is 7.87. The van der Waals surface area contributed by atoms with Gasteiger partial charge in [-0.25, -0.2) is 0 Å². The van der Waals surface area contributed by atoms with E-state index in [0.29, 0.717) is 18.5 Å². The van der Waals surface area contributed by atoms with Crippen molar-refractivity contribution in [3.63, 3.8) is 0 Å². The van der Waals surface area contributed by atoms with E-state index in [1.165, 1.54) is 13.2 Å². The van der Waals surface area contributed by atoms with E-state index in [-0.39, 0.29) is 17.4 Å². The van der Waals surface area contributed by atoms with Gasteiger partial charge < -0.3 is 14.8 Å². The van der Waals surface area contributed by atoms with Crippen LogP contribution in [0.2, 0.25) is 0 Å². The van der Waals surface area contributed by atoms with E-state index < -0.39 is 6.61 Å². The van der Waals surface area contributed by atoms with E-state index in [1.807, 2.05) is 32.0 Å². The van der Waals surface area contributed by atoms with Gasteiger partial charge in [0.05, 0.1) is 7.11 Å². The molecule has 25 heavy (non-hydrogen) atoms. The molecule has 2 aromatic carbocycles. The van der Waals surface area contributed by atoms with Crippen LogP contribution in [-0.4, -0.2) is 26.2 Å². The second-order valence-electron chi connectivity index (χ2n) is 5.75. The van der Waals surface area contributed by atoms with Gasteiger partial charge in [0.1, 0.15) is 0 Å². The lowest BCUT2D eigenvalue weighted by atomic mass is 10.1. The van der Waals surface area contributed by atoms with E-state index in [9.17, 15) is 13.6 Å². The first-order valence-electron chi connectivity index (χ1n) is 7.87. The quantitative estimate of drug-likeness (QED) is 0.825. The van der Waals surface area contributed by atoms with Crippen LogP contribution in [0.3, 0.4) is 0 Å². The Morgan fingerprint density at radius 3 is 2.36 bits per heavy atom. The zero-order chi connectivity index (χ0) is 18.4. The smallest absolute Gasteiger partial charge is 0.387 e. The summed E-state index contributed by atoms with van der Waals surface area (Å²) in [5.41, 5.74) is 3.41. The Kier molecular flexibility index (Phi) is 6.33. The van der Waals surface area contributed by atoms with Crippen LogP contribution in [-0.2, 0) is 6.42 Å². The number of alkyl halides is 2. The van der Waals surface area contributed by atoms with E-state index in [0.717, 1.165) is 16.7 Å². The van der Waals surface area contributed by atoms with Crippen LogP contribution in [0, 0.1) is 13.8 Å². The lowest BCUT2D eigenvalue weighted by Gasteiger charge is -2.12. The highest BCUT2D eigenvalue weighted by molar-refractivity contribution is 5.94. The first kappa shape index (κ1) is 18.7. The molecular formula is C19H21F2NO3. The minimum absolute atomic E-state index is 0.0179. The van der Waals surface area contributed by atoms with Gasteiger partial charge in [-0.05, 0) is 50.1 Å². The minimum atomic E-state index is -2.92. The van der Waals surface area contributed by atoms with Crippen molar-refractivity contribution in [2.45, 2.75) is 26.9 Å². The largest absolute Gasteiger partial charge is 0.493 e. The summed E-state index contributed by atoms with van der Waals surface area (Å²) in [5, 5.41) is 2.83. The van der Waals surface area contributed by atoms with Crippen LogP contribution in [0.25, 0.3) is 0 Å². The van der Waals surface area contributed by atoms with Crippen LogP contribution in [0.4, 0.5) is 8.78 Å². The number of rotatable bonds is 7. The SMILES string of the molecule is COc1ccc(CCNC(=O)c2cc(C)cc(C)c2)cc1OC(F)F. The fourth-order valence-electron chi connectivity index (χ4n) is 2.59. The first-order chi connectivity index (χ1) is 11.9. The molecule has 0 aliphatic rings. The number of aryl methyl sites for hydroxylation is 2. The Hall–Kier alpha value is -2.63. The molecule has 2 aromatic rings. The molecule has 134 valence electrons. The van der Waals surface area contributed by atoms with E-state index >= 15 is 0 Å². The predicted molar refractivity (Wildman–Crippen MR) is 91.6 cm³/mol.